The van der Waals surface area contributed by atoms with E-state index >= 15 is 0 Å². The third-order valence-corrected chi connectivity index (χ3v) is 6.04. The molecule has 2 amide bonds. The smallest absolute Gasteiger partial charge is 0.268 e. The number of hydrogen-bond acceptors (Lipinski definition) is 5. The fourth-order valence-corrected chi connectivity index (χ4v) is 3.99. The Morgan fingerprint density at radius 1 is 1.34 bits per heavy atom. The first kappa shape index (κ1) is 21.2. The molecule has 1 heterocycles. The van der Waals surface area contributed by atoms with Gasteiger partial charge in [0.25, 0.3) is 11.8 Å². The number of anilines is 1. The van der Waals surface area contributed by atoms with Gasteiger partial charge in [0.1, 0.15) is 5.82 Å². The number of carbonyl (C=O) groups excluding carboxylic acids is 2. The maximum Gasteiger partial charge on any atom is 0.268 e. The molecule has 10 heteroatoms. The second-order valence-electron chi connectivity index (χ2n) is 6.86. The van der Waals surface area contributed by atoms with Crippen LogP contribution in [-0.4, -0.2) is 39.5 Å². The highest BCUT2D eigenvalue weighted by Crippen LogP contribution is 2.29. The lowest BCUT2D eigenvalue weighted by Crippen LogP contribution is -2.52. The predicted octanol–water partition coefficient (Wildman–Crippen LogP) is 2.30. The predicted molar refractivity (Wildman–Crippen MR) is 107 cm³/mol. The highest BCUT2D eigenvalue weighted by molar-refractivity contribution is 7.91. The summed E-state index contributed by atoms with van der Waals surface area (Å²) in [6.45, 7) is 0.00519. The zero-order valence-corrected chi connectivity index (χ0v) is 17.0. The normalized spacial score (nSPS) is 21.1. The van der Waals surface area contributed by atoms with E-state index in [2.05, 4.69) is 5.32 Å². The Kier molecular flexibility index (Phi) is 5.66. The van der Waals surface area contributed by atoms with Crippen LogP contribution in [0, 0.1) is 10.6 Å². The van der Waals surface area contributed by atoms with Crippen LogP contribution in [-0.2, 0) is 25.9 Å². The largest absolute Gasteiger partial charge is 0.372 e. The van der Waals surface area contributed by atoms with Crippen molar-refractivity contribution in [3.8, 4) is 0 Å². The van der Waals surface area contributed by atoms with Gasteiger partial charge in [-0.3, -0.25) is 9.59 Å². The summed E-state index contributed by atoms with van der Waals surface area (Å²) in [4.78, 5) is 26.8. The number of aliphatic hydroxyl groups is 1. The van der Waals surface area contributed by atoms with Crippen molar-refractivity contribution >= 4 is 38.8 Å². The molecule has 3 rings (SSSR count). The summed E-state index contributed by atoms with van der Waals surface area (Å²) in [5, 5.41) is 13.3. The van der Waals surface area contributed by atoms with Crippen molar-refractivity contribution in [3.63, 3.8) is 0 Å². The maximum atomic E-state index is 13.4. The fraction of sp³-hybridized carbons (Fsp3) is 0.263. The molecule has 0 spiro atoms. The SMILES string of the molecule is CS(=N)(=O)c1ccc(N2CC[C@](O)(C(=O)NCc3cc(F)cc(Cl)c3)C2=O)cc1. The molecule has 1 aliphatic rings. The van der Waals surface area contributed by atoms with Gasteiger partial charge in [-0.2, -0.15) is 0 Å². The van der Waals surface area contributed by atoms with E-state index < -0.39 is 33.0 Å². The molecule has 0 saturated carbocycles. The lowest BCUT2D eigenvalue weighted by atomic mass is 10.0. The quantitative estimate of drug-likeness (QED) is 0.621. The highest BCUT2D eigenvalue weighted by atomic mass is 35.5. The Morgan fingerprint density at radius 3 is 2.59 bits per heavy atom. The third-order valence-electron chi connectivity index (χ3n) is 4.65. The number of halogens is 2. The van der Waals surface area contributed by atoms with Crippen molar-refractivity contribution in [2.75, 3.05) is 17.7 Å². The van der Waals surface area contributed by atoms with Gasteiger partial charge in [0.2, 0.25) is 5.60 Å². The van der Waals surface area contributed by atoms with Gasteiger partial charge < -0.3 is 15.3 Å². The zero-order chi connectivity index (χ0) is 21.4. The third kappa shape index (κ3) is 4.42. The number of amides is 2. The molecule has 0 bridgehead atoms. The van der Waals surface area contributed by atoms with Crippen LogP contribution in [0.2, 0.25) is 5.02 Å². The van der Waals surface area contributed by atoms with Crippen molar-refractivity contribution in [1.29, 1.82) is 4.78 Å². The molecule has 1 unspecified atom stereocenters. The summed E-state index contributed by atoms with van der Waals surface area (Å²) in [6.07, 6.45) is 1.17. The van der Waals surface area contributed by atoms with Crippen LogP contribution in [0.15, 0.2) is 47.4 Å². The molecule has 1 saturated heterocycles. The molecule has 3 N–H and O–H groups in total. The summed E-state index contributed by atoms with van der Waals surface area (Å²) in [6, 6.07) is 9.77. The fourth-order valence-electron chi connectivity index (χ4n) is 3.09. The molecule has 2 atom stereocenters. The minimum absolute atomic E-state index is 0.102. The standard InChI is InChI=1S/C19H19ClFN3O4S/c1-29(22,28)16-4-2-15(3-5-16)24-7-6-19(27,18(24)26)17(25)23-11-12-8-13(20)10-14(21)9-12/h2-5,8-10,22,27H,6-7,11H2,1H3,(H,23,25)/t19-,29?/m0/s1. The van der Waals surface area contributed by atoms with Gasteiger partial charge >= 0.3 is 0 Å². The number of hydrogen-bond donors (Lipinski definition) is 3. The number of carbonyl (C=O) groups is 2. The number of rotatable bonds is 5. The lowest BCUT2D eigenvalue weighted by molar-refractivity contribution is -0.149. The lowest BCUT2D eigenvalue weighted by Gasteiger charge is -2.22. The van der Waals surface area contributed by atoms with Crippen LogP contribution in [0.1, 0.15) is 12.0 Å². The van der Waals surface area contributed by atoms with Crippen molar-refractivity contribution < 1.29 is 23.3 Å². The topological polar surface area (TPSA) is 111 Å². The van der Waals surface area contributed by atoms with Crippen LogP contribution in [0.4, 0.5) is 10.1 Å². The monoisotopic (exact) mass is 439 g/mol. The van der Waals surface area contributed by atoms with E-state index in [9.17, 15) is 23.3 Å². The first-order chi connectivity index (χ1) is 13.5. The van der Waals surface area contributed by atoms with Crippen molar-refractivity contribution in [2.24, 2.45) is 0 Å². The van der Waals surface area contributed by atoms with Crippen molar-refractivity contribution in [2.45, 2.75) is 23.5 Å². The number of nitrogens with zero attached hydrogens (tertiary/aromatic N) is 1. The van der Waals surface area contributed by atoms with E-state index in [4.69, 9.17) is 16.4 Å². The Hall–Kier alpha value is -2.49. The van der Waals surface area contributed by atoms with Crippen molar-refractivity contribution in [3.05, 3.63) is 58.9 Å². The average Bonchev–Trinajstić information content (AvgIpc) is 2.94. The second kappa shape index (κ2) is 7.74. The van der Waals surface area contributed by atoms with Gasteiger partial charge in [0.15, 0.2) is 0 Å². The van der Waals surface area contributed by atoms with Gasteiger partial charge in [-0.05, 0) is 48.0 Å². The van der Waals surface area contributed by atoms with Gasteiger partial charge in [-0.15, -0.1) is 0 Å². The zero-order valence-electron chi connectivity index (χ0n) is 15.4. The molecule has 0 radical (unpaired) electrons. The molecule has 7 nitrogen and oxygen atoms in total. The molecule has 0 aliphatic carbocycles. The van der Waals surface area contributed by atoms with Gasteiger partial charge in [-0.25, -0.2) is 13.4 Å². The summed E-state index contributed by atoms with van der Waals surface area (Å²) in [5.74, 6) is -2.23. The number of nitrogens with one attached hydrogen (secondary N) is 2. The molecule has 1 fully saturated rings. The average molecular weight is 440 g/mol. The van der Waals surface area contributed by atoms with Crippen LogP contribution < -0.4 is 10.2 Å². The molecule has 154 valence electrons. The van der Waals surface area contributed by atoms with E-state index in [1.807, 2.05) is 0 Å². The van der Waals surface area contributed by atoms with Crippen LogP contribution in [0.5, 0.6) is 0 Å². The first-order valence-electron chi connectivity index (χ1n) is 8.62. The van der Waals surface area contributed by atoms with Crippen LogP contribution in [0.3, 0.4) is 0 Å². The van der Waals surface area contributed by atoms with E-state index in [1.165, 1.54) is 47.6 Å². The minimum atomic E-state index is -2.89. The second-order valence-corrected chi connectivity index (χ2v) is 9.46. The van der Waals surface area contributed by atoms with E-state index in [1.54, 1.807) is 0 Å². The Bertz CT molecular complexity index is 1060. The number of benzene rings is 2. The minimum Gasteiger partial charge on any atom is -0.372 e. The molecule has 2 aromatic carbocycles. The highest BCUT2D eigenvalue weighted by Gasteiger charge is 2.51. The molecule has 1 aliphatic heterocycles. The summed E-state index contributed by atoms with van der Waals surface area (Å²) >= 11 is 5.78. The van der Waals surface area contributed by atoms with Gasteiger partial charge in [-0.1, -0.05) is 11.6 Å². The van der Waals surface area contributed by atoms with Gasteiger partial charge in [0, 0.05) is 41.4 Å². The Labute approximate surface area is 172 Å². The van der Waals surface area contributed by atoms with Crippen LogP contribution >= 0.6 is 11.6 Å². The van der Waals surface area contributed by atoms with E-state index in [0.29, 0.717) is 16.1 Å². The maximum absolute atomic E-state index is 13.4. The summed E-state index contributed by atoms with van der Waals surface area (Å²) < 4.78 is 32.7. The van der Waals surface area contributed by atoms with Gasteiger partial charge in [0.05, 0.1) is 9.73 Å². The van der Waals surface area contributed by atoms with E-state index in [-0.39, 0.29) is 24.5 Å². The Balaban J connectivity index is 1.72. The molecule has 29 heavy (non-hydrogen) atoms. The Morgan fingerprint density at radius 2 is 2.00 bits per heavy atom. The summed E-state index contributed by atoms with van der Waals surface area (Å²) in [5.41, 5.74) is -1.44. The molecular formula is C19H19ClFN3O4S. The van der Waals surface area contributed by atoms with E-state index in [0.717, 1.165) is 6.07 Å². The summed E-state index contributed by atoms with van der Waals surface area (Å²) in [7, 11) is -2.89. The molecule has 0 aromatic heterocycles. The first-order valence-corrected chi connectivity index (χ1v) is 11.0. The molecular weight excluding hydrogens is 421 g/mol. The van der Waals surface area contributed by atoms with Crippen molar-refractivity contribution in [1.82, 2.24) is 5.32 Å². The molecule has 2 aromatic rings. The van der Waals surface area contributed by atoms with Crippen LogP contribution in [0.25, 0.3) is 0 Å².